The second-order valence-corrected chi connectivity index (χ2v) is 4.21. The molecule has 0 fully saturated rings. The molecule has 0 heterocycles. The Kier molecular flexibility index (Phi) is 3.71. The number of phenols is 1. The van der Waals surface area contributed by atoms with Crippen LogP contribution in [-0.4, -0.2) is 18.2 Å². The highest BCUT2D eigenvalue weighted by atomic mass is 16.6. The molecule has 1 N–H and O–H groups in total. The van der Waals surface area contributed by atoms with Gasteiger partial charge in [-0.1, -0.05) is 24.3 Å². The predicted octanol–water partition coefficient (Wildman–Crippen LogP) is 3.34. The third-order valence-corrected chi connectivity index (χ3v) is 2.80. The lowest BCUT2D eigenvalue weighted by Crippen LogP contribution is -2.29. The molecular weight excluding hydrogens is 242 g/mol. The molecule has 0 unspecified atom stereocenters. The molecule has 2 aromatic carbocycles. The standard InChI is InChI=1S/C15H15NO3/c1-11-8-9-12(10-14(11)17)16(2)15(18)19-13-6-4-3-5-7-13/h3-10,17H,1-2H3. The third-order valence-electron chi connectivity index (χ3n) is 2.80. The van der Waals surface area contributed by atoms with Gasteiger partial charge in [-0.25, -0.2) is 4.79 Å². The molecule has 0 bridgehead atoms. The van der Waals surface area contributed by atoms with E-state index >= 15 is 0 Å². The molecule has 4 heteroatoms. The minimum atomic E-state index is -0.505. The van der Waals surface area contributed by atoms with Gasteiger partial charge in [0.2, 0.25) is 0 Å². The maximum atomic E-state index is 11.9. The highest BCUT2D eigenvalue weighted by Crippen LogP contribution is 2.24. The van der Waals surface area contributed by atoms with E-state index < -0.39 is 6.09 Å². The van der Waals surface area contributed by atoms with Gasteiger partial charge < -0.3 is 9.84 Å². The van der Waals surface area contributed by atoms with E-state index in [1.54, 1.807) is 50.4 Å². The predicted molar refractivity (Wildman–Crippen MR) is 73.7 cm³/mol. The van der Waals surface area contributed by atoms with E-state index in [9.17, 15) is 9.90 Å². The lowest BCUT2D eigenvalue weighted by atomic mass is 10.2. The SMILES string of the molecule is Cc1ccc(N(C)C(=O)Oc2ccccc2)cc1O. The number of ether oxygens (including phenoxy) is 1. The molecule has 0 aliphatic heterocycles. The molecule has 98 valence electrons. The van der Waals surface area contributed by atoms with Crippen molar-refractivity contribution in [3.63, 3.8) is 0 Å². The molecule has 0 atom stereocenters. The van der Waals surface area contributed by atoms with Crippen LogP contribution in [0, 0.1) is 6.92 Å². The molecule has 0 saturated carbocycles. The van der Waals surface area contributed by atoms with E-state index in [4.69, 9.17) is 4.74 Å². The number of para-hydroxylation sites is 1. The number of phenolic OH excluding ortho intramolecular Hbond substituents is 1. The third kappa shape index (κ3) is 3.04. The van der Waals surface area contributed by atoms with Crippen LogP contribution in [0.25, 0.3) is 0 Å². The van der Waals surface area contributed by atoms with E-state index in [-0.39, 0.29) is 5.75 Å². The van der Waals surface area contributed by atoms with Gasteiger partial charge in [0.05, 0.1) is 5.69 Å². The molecule has 0 aliphatic rings. The van der Waals surface area contributed by atoms with Crippen molar-refractivity contribution in [1.29, 1.82) is 0 Å². The number of hydrogen-bond acceptors (Lipinski definition) is 3. The van der Waals surface area contributed by atoms with Crippen LogP contribution < -0.4 is 9.64 Å². The number of carbonyl (C=O) groups excluding carboxylic acids is 1. The summed E-state index contributed by atoms with van der Waals surface area (Å²) in [5, 5.41) is 9.64. The monoisotopic (exact) mass is 257 g/mol. The number of rotatable bonds is 2. The van der Waals surface area contributed by atoms with Crippen molar-refractivity contribution in [2.45, 2.75) is 6.92 Å². The largest absolute Gasteiger partial charge is 0.508 e. The molecule has 0 radical (unpaired) electrons. The van der Waals surface area contributed by atoms with E-state index in [0.717, 1.165) is 5.56 Å². The van der Waals surface area contributed by atoms with Crippen molar-refractivity contribution in [2.24, 2.45) is 0 Å². The van der Waals surface area contributed by atoms with E-state index in [2.05, 4.69) is 0 Å². The smallest absolute Gasteiger partial charge is 0.419 e. The fourth-order valence-electron chi connectivity index (χ4n) is 1.57. The maximum absolute atomic E-state index is 11.9. The van der Waals surface area contributed by atoms with Crippen LogP contribution in [0.15, 0.2) is 48.5 Å². The molecular formula is C15H15NO3. The van der Waals surface area contributed by atoms with Crippen LogP contribution >= 0.6 is 0 Å². The van der Waals surface area contributed by atoms with Gasteiger partial charge in [-0.15, -0.1) is 0 Å². The van der Waals surface area contributed by atoms with Gasteiger partial charge in [-0.3, -0.25) is 4.90 Å². The Balaban J connectivity index is 2.12. The quantitative estimate of drug-likeness (QED) is 0.897. The van der Waals surface area contributed by atoms with E-state index in [1.165, 1.54) is 11.0 Å². The summed E-state index contributed by atoms with van der Waals surface area (Å²) in [4.78, 5) is 13.3. The fraction of sp³-hybridized carbons (Fsp3) is 0.133. The first-order chi connectivity index (χ1) is 9.08. The molecule has 0 aliphatic carbocycles. The lowest BCUT2D eigenvalue weighted by molar-refractivity contribution is 0.209. The Bertz CT molecular complexity index is 581. The van der Waals surface area contributed by atoms with Crippen LogP contribution in [0.5, 0.6) is 11.5 Å². The fourth-order valence-corrected chi connectivity index (χ4v) is 1.57. The molecule has 19 heavy (non-hydrogen) atoms. The second kappa shape index (κ2) is 5.44. The molecule has 2 rings (SSSR count). The zero-order chi connectivity index (χ0) is 13.8. The normalized spacial score (nSPS) is 10.0. The van der Waals surface area contributed by atoms with Crippen molar-refractivity contribution in [2.75, 3.05) is 11.9 Å². The highest BCUT2D eigenvalue weighted by Gasteiger charge is 2.14. The number of benzene rings is 2. The number of anilines is 1. The number of nitrogens with zero attached hydrogens (tertiary/aromatic N) is 1. The summed E-state index contributed by atoms with van der Waals surface area (Å²) in [6.45, 7) is 1.79. The van der Waals surface area contributed by atoms with Crippen LogP contribution in [0.1, 0.15) is 5.56 Å². The number of aryl methyl sites for hydroxylation is 1. The minimum Gasteiger partial charge on any atom is -0.508 e. The van der Waals surface area contributed by atoms with Gasteiger partial charge in [-0.05, 0) is 30.7 Å². The first-order valence-electron chi connectivity index (χ1n) is 5.88. The summed E-state index contributed by atoms with van der Waals surface area (Å²) in [6.07, 6.45) is -0.505. The van der Waals surface area contributed by atoms with Crippen molar-refractivity contribution < 1.29 is 14.6 Å². The van der Waals surface area contributed by atoms with Gasteiger partial charge >= 0.3 is 6.09 Å². The Morgan fingerprint density at radius 3 is 2.47 bits per heavy atom. The number of aromatic hydroxyl groups is 1. The average molecular weight is 257 g/mol. The van der Waals surface area contributed by atoms with Crippen LogP contribution in [0.2, 0.25) is 0 Å². The Morgan fingerprint density at radius 2 is 1.84 bits per heavy atom. The Hall–Kier alpha value is -2.49. The number of amides is 1. The van der Waals surface area contributed by atoms with Gasteiger partial charge in [0.15, 0.2) is 0 Å². The van der Waals surface area contributed by atoms with Crippen molar-refractivity contribution in [3.8, 4) is 11.5 Å². The summed E-state index contributed by atoms with van der Waals surface area (Å²) in [6, 6.07) is 13.9. The zero-order valence-electron chi connectivity index (χ0n) is 10.8. The number of hydrogen-bond donors (Lipinski definition) is 1. The molecule has 4 nitrogen and oxygen atoms in total. The number of carbonyl (C=O) groups is 1. The zero-order valence-corrected chi connectivity index (χ0v) is 10.8. The topological polar surface area (TPSA) is 49.8 Å². The maximum Gasteiger partial charge on any atom is 0.419 e. The summed E-state index contributed by atoms with van der Waals surface area (Å²) in [5.74, 6) is 0.632. The van der Waals surface area contributed by atoms with Gasteiger partial charge in [-0.2, -0.15) is 0 Å². The molecule has 0 spiro atoms. The molecule has 1 amide bonds. The van der Waals surface area contributed by atoms with Crippen molar-refractivity contribution >= 4 is 11.8 Å². The van der Waals surface area contributed by atoms with Crippen LogP contribution in [0.3, 0.4) is 0 Å². The van der Waals surface area contributed by atoms with E-state index in [1.807, 2.05) is 6.07 Å². The summed E-state index contributed by atoms with van der Waals surface area (Å²) >= 11 is 0. The summed E-state index contributed by atoms with van der Waals surface area (Å²) in [7, 11) is 1.59. The van der Waals surface area contributed by atoms with Crippen molar-refractivity contribution in [3.05, 3.63) is 54.1 Å². The first-order valence-corrected chi connectivity index (χ1v) is 5.88. The first kappa shape index (κ1) is 13.0. The second-order valence-electron chi connectivity index (χ2n) is 4.21. The molecule has 0 saturated heterocycles. The highest BCUT2D eigenvalue weighted by molar-refractivity contribution is 5.88. The minimum absolute atomic E-state index is 0.150. The summed E-state index contributed by atoms with van der Waals surface area (Å²) < 4.78 is 5.21. The Labute approximate surface area is 111 Å². The van der Waals surface area contributed by atoms with Gasteiger partial charge in [0.1, 0.15) is 11.5 Å². The van der Waals surface area contributed by atoms with Crippen molar-refractivity contribution in [1.82, 2.24) is 0 Å². The molecule has 2 aromatic rings. The average Bonchev–Trinajstić information content (AvgIpc) is 2.42. The van der Waals surface area contributed by atoms with E-state index in [0.29, 0.717) is 11.4 Å². The summed E-state index contributed by atoms with van der Waals surface area (Å²) in [5.41, 5.74) is 1.33. The molecule has 0 aromatic heterocycles. The van der Waals surface area contributed by atoms with Gasteiger partial charge in [0, 0.05) is 13.1 Å². The lowest BCUT2D eigenvalue weighted by Gasteiger charge is -2.17. The van der Waals surface area contributed by atoms with Gasteiger partial charge in [0.25, 0.3) is 0 Å². The van der Waals surface area contributed by atoms with Crippen LogP contribution in [-0.2, 0) is 0 Å². The Morgan fingerprint density at radius 1 is 1.16 bits per heavy atom. The van der Waals surface area contributed by atoms with Crippen LogP contribution in [0.4, 0.5) is 10.5 Å².